The fraction of sp³-hybridized carbons (Fsp3) is 0.0435. The molecule has 6 heteroatoms. The van der Waals surface area contributed by atoms with E-state index >= 15 is 0 Å². The first-order chi connectivity index (χ1) is 14.1. The first kappa shape index (κ1) is 19.7. The number of para-hydroxylation sites is 2. The number of hydrogen-bond donors (Lipinski definition) is 3. The third-order valence-electron chi connectivity index (χ3n) is 4.07. The number of rotatable bonds is 6. The quantitative estimate of drug-likeness (QED) is 0.338. The van der Waals surface area contributed by atoms with E-state index in [-0.39, 0.29) is 11.3 Å². The highest BCUT2D eigenvalue weighted by Gasteiger charge is 2.19. The Morgan fingerprint density at radius 3 is 1.79 bits per heavy atom. The molecular formula is C23H20N2O4. The Hall–Kier alpha value is -4.06. The van der Waals surface area contributed by atoms with Crippen molar-refractivity contribution in [3.05, 3.63) is 90.0 Å². The smallest absolute Gasteiger partial charge is 0.261 e. The molecule has 0 bridgehead atoms. The standard InChI is InChI=1S/C23H20N2O4/c1-29-21-13-12-16(15-20(21)26)14-19(22(27)24-17-8-4-2-5-9-17)23(28)25-18-10-6-3-7-11-18/h2-15,26H,1H3,(H,24,27)(H,25,28). The summed E-state index contributed by atoms with van der Waals surface area (Å²) in [7, 11) is 1.44. The molecule has 0 atom stereocenters. The molecule has 3 rings (SSSR count). The molecule has 6 nitrogen and oxygen atoms in total. The van der Waals surface area contributed by atoms with Crippen LogP contribution in [-0.2, 0) is 9.59 Å². The summed E-state index contributed by atoms with van der Waals surface area (Å²) in [4.78, 5) is 25.7. The first-order valence-corrected chi connectivity index (χ1v) is 8.88. The topological polar surface area (TPSA) is 87.7 Å². The highest BCUT2D eigenvalue weighted by atomic mass is 16.5. The largest absolute Gasteiger partial charge is 0.504 e. The lowest BCUT2D eigenvalue weighted by Crippen LogP contribution is -2.25. The summed E-state index contributed by atoms with van der Waals surface area (Å²) in [5.41, 5.74) is 1.49. The number of phenols is 1. The van der Waals surface area contributed by atoms with Crippen LogP contribution in [0.15, 0.2) is 84.4 Å². The second-order valence-corrected chi connectivity index (χ2v) is 6.13. The van der Waals surface area contributed by atoms with Crippen LogP contribution in [0.4, 0.5) is 11.4 Å². The Morgan fingerprint density at radius 2 is 1.34 bits per heavy atom. The van der Waals surface area contributed by atoms with E-state index in [0.29, 0.717) is 22.7 Å². The van der Waals surface area contributed by atoms with Gasteiger partial charge in [-0.15, -0.1) is 0 Å². The molecule has 0 unspecified atom stereocenters. The van der Waals surface area contributed by atoms with Crippen molar-refractivity contribution in [1.82, 2.24) is 0 Å². The molecule has 146 valence electrons. The van der Waals surface area contributed by atoms with E-state index in [1.165, 1.54) is 19.3 Å². The van der Waals surface area contributed by atoms with Gasteiger partial charge in [-0.05, 0) is 48.0 Å². The van der Waals surface area contributed by atoms with Crippen molar-refractivity contribution in [3.63, 3.8) is 0 Å². The van der Waals surface area contributed by atoms with Gasteiger partial charge in [0.05, 0.1) is 7.11 Å². The molecule has 0 saturated carbocycles. The molecule has 0 aliphatic rings. The van der Waals surface area contributed by atoms with Crippen LogP contribution in [0.2, 0.25) is 0 Å². The van der Waals surface area contributed by atoms with Crippen molar-refractivity contribution in [2.75, 3.05) is 17.7 Å². The van der Waals surface area contributed by atoms with E-state index in [9.17, 15) is 14.7 Å². The van der Waals surface area contributed by atoms with Crippen molar-refractivity contribution in [2.45, 2.75) is 0 Å². The molecule has 3 aromatic rings. The lowest BCUT2D eigenvalue weighted by Gasteiger charge is -2.11. The molecule has 0 aromatic heterocycles. The Balaban J connectivity index is 1.92. The van der Waals surface area contributed by atoms with Crippen LogP contribution < -0.4 is 15.4 Å². The van der Waals surface area contributed by atoms with Gasteiger partial charge in [-0.3, -0.25) is 9.59 Å². The van der Waals surface area contributed by atoms with Gasteiger partial charge >= 0.3 is 0 Å². The van der Waals surface area contributed by atoms with Gasteiger partial charge in [-0.2, -0.15) is 0 Å². The van der Waals surface area contributed by atoms with E-state index in [1.54, 1.807) is 60.7 Å². The lowest BCUT2D eigenvalue weighted by atomic mass is 10.1. The number of hydrogen-bond acceptors (Lipinski definition) is 4. The maximum atomic E-state index is 12.8. The van der Waals surface area contributed by atoms with Crippen LogP contribution in [0.1, 0.15) is 5.56 Å². The molecule has 3 N–H and O–H groups in total. The number of anilines is 2. The fourth-order valence-electron chi connectivity index (χ4n) is 2.64. The molecule has 0 aliphatic heterocycles. The number of amides is 2. The van der Waals surface area contributed by atoms with Crippen LogP contribution in [-0.4, -0.2) is 24.0 Å². The molecule has 0 saturated heterocycles. The highest BCUT2D eigenvalue weighted by molar-refractivity contribution is 6.28. The van der Waals surface area contributed by atoms with E-state index < -0.39 is 11.8 Å². The van der Waals surface area contributed by atoms with E-state index in [4.69, 9.17) is 4.74 Å². The monoisotopic (exact) mass is 388 g/mol. The van der Waals surface area contributed by atoms with E-state index in [2.05, 4.69) is 10.6 Å². The van der Waals surface area contributed by atoms with Crippen LogP contribution in [0.25, 0.3) is 6.08 Å². The molecule has 0 spiro atoms. The predicted molar refractivity (Wildman–Crippen MR) is 113 cm³/mol. The van der Waals surface area contributed by atoms with Gasteiger partial charge in [-0.25, -0.2) is 0 Å². The minimum absolute atomic E-state index is 0.0902. The van der Waals surface area contributed by atoms with E-state index in [0.717, 1.165) is 0 Å². The van der Waals surface area contributed by atoms with Gasteiger partial charge in [0.1, 0.15) is 5.57 Å². The predicted octanol–water partition coefficient (Wildman–Crippen LogP) is 4.06. The number of carbonyl (C=O) groups is 2. The molecule has 0 heterocycles. The minimum atomic E-state index is -0.570. The maximum Gasteiger partial charge on any atom is 0.261 e. The molecular weight excluding hydrogens is 368 g/mol. The second kappa shape index (κ2) is 9.23. The molecule has 3 aromatic carbocycles. The molecule has 0 radical (unpaired) electrons. The third kappa shape index (κ3) is 5.23. The van der Waals surface area contributed by atoms with E-state index in [1.807, 2.05) is 12.1 Å². The third-order valence-corrected chi connectivity index (χ3v) is 4.07. The summed E-state index contributed by atoms with van der Waals surface area (Å²) in [6.45, 7) is 0. The van der Waals surface area contributed by atoms with Gasteiger partial charge in [-0.1, -0.05) is 42.5 Å². The minimum Gasteiger partial charge on any atom is -0.504 e. The van der Waals surface area contributed by atoms with Crippen molar-refractivity contribution in [1.29, 1.82) is 0 Å². The number of carbonyl (C=O) groups excluding carboxylic acids is 2. The average Bonchev–Trinajstić information content (AvgIpc) is 2.73. The zero-order chi connectivity index (χ0) is 20.6. The van der Waals surface area contributed by atoms with Crippen LogP contribution in [0, 0.1) is 0 Å². The van der Waals surface area contributed by atoms with Gasteiger partial charge in [0, 0.05) is 11.4 Å². The van der Waals surface area contributed by atoms with Gasteiger partial charge in [0.25, 0.3) is 11.8 Å². The first-order valence-electron chi connectivity index (χ1n) is 8.88. The number of ether oxygens (including phenoxy) is 1. The Bertz CT molecular complexity index is 976. The molecule has 29 heavy (non-hydrogen) atoms. The van der Waals surface area contributed by atoms with Crippen molar-refractivity contribution >= 4 is 29.3 Å². The van der Waals surface area contributed by atoms with Gasteiger partial charge in [0.15, 0.2) is 11.5 Å². The van der Waals surface area contributed by atoms with Gasteiger partial charge in [0.2, 0.25) is 0 Å². The van der Waals surface area contributed by atoms with Gasteiger partial charge < -0.3 is 20.5 Å². The molecule has 0 fully saturated rings. The fourth-order valence-corrected chi connectivity index (χ4v) is 2.64. The van der Waals surface area contributed by atoms with Crippen molar-refractivity contribution in [2.24, 2.45) is 0 Å². The summed E-state index contributed by atoms with van der Waals surface area (Å²) >= 11 is 0. The van der Waals surface area contributed by atoms with Crippen LogP contribution in [0.5, 0.6) is 11.5 Å². The number of aromatic hydroxyl groups is 1. The number of methoxy groups -OCH3 is 1. The summed E-state index contributed by atoms with van der Waals surface area (Å²) < 4.78 is 5.03. The summed E-state index contributed by atoms with van der Waals surface area (Å²) in [5, 5.41) is 15.4. The molecule has 0 aliphatic carbocycles. The van der Waals surface area contributed by atoms with Crippen molar-refractivity contribution in [3.8, 4) is 11.5 Å². The Labute approximate surface area is 168 Å². The second-order valence-electron chi connectivity index (χ2n) is 6.13. The molecule has 2 amide bonds. The SMILES string of the molecule is COc1ccc(C=C(C(=O)Nc2ccccc2)C(=O)Nc2ccccc2)cc1O. The Morgan fingerprint density at radius 1 is 0.828 bits per heavy atom. The summed E-state index contributed by atoms with van der Waals surface area (Å²) in [6.07, 6.45) is 1.41. The van der Waals surface area contributed by atoms with Crippen LogP contribution >= 0.6 is 0 Å². The zero-order valence-corrected chi connectivity index (χ0v) is 15.8. The average molecular weight is 388 g/mol. The number of benzene rings is 3. The van der Waals surface area contributed by atoms with Crippen molar-refractivity contribution < 1.29 is 19.4 Å². The summed E-state index contributed by atoms with van der Waals surface area (Å²) in [5.74, 6) is -0.932. The zero-order valence-electron chi connectivity index (χ0n) is 15.8. The van der Waals surface area contributed by atoms with Crippen LogP contribution in [0.3, 0.4) is 0 Å². The number of phenolic OH excluding ortho intramolecular Hbond substituents is 1. The Kier molecular flexibility index (Phi) is 6.27. The maximum absolute atomic E-state index is 12.8. The number of nitrogens with one attached hydrogen (secondary N) is 2. The summed E-state index contributed by atoms with van der Waals surface area (Å²) in [6, 6.07) is 22.3. The highest BCUT2D eigenvalue weighted by Crippen LogP contribution is 2.27. The normalized spacial score (nSPS) is 9.97. The lowest BCUT2D eigenvalue weighted by molar-refractivity contribution is -0.118.